The number of ether oxygens (including phenoxy) is 1. The normalized spacial score (nSPS) is 24.9. The van der Waals surface area contributed by atoms with E-state index in [-0.39, 0.29) is 63.4 Å². The Morgan fingerprint density at radius 3 is 2.18 bits per heavy atom. The first-order valence-electron chi connectivity index (χ1n) is 23.3. The SMILES string of the molecule is CCCCCC(=O)N[C@@H](CC(=O)O)C(=O)N[C@@H]1C(=O)N[C@@H](CCCN=C(N)N)C(=O)N[C@H]2CC[C@@H](O)N(C2=O)[C@@H](CC(C)C)C(=O)N(C)[C@@H](Cc2ccccc2)C(=O)N[C@@H](C(C)C)C(=O)O[C@@H]1C. The Morgan fingerprint density at radius 2 is 1.57 bits per heavy atom. The van der Waals surface area contributed by atoms with Gasteiger partial charge >= 0.3 is 11.9 Å². The highest BCUT2D eigenvalue weighted by atomic mass is 16.5. The molecule has 22 heteroatoms. The second kappa shape index (κ2) is 26.9. The molecule has 2 aliphatic heterocycles. The number of aliphatic hydroxyl groups excluding tert-OH is 1. The first-order valence-corrected chi connectivity index (χ1v) is 23.3. The molecule has 22 nitrogen and oxygen atoms in total. The number of cyclic esters (lactones) is 1. The lowest BCUT2D eigenvalue weighted by atomic mass is 9.94. The van der Waals surface area contributed by atoms with Crippen molar-refractivity contribution in [1.29, 1.82) is 0 Å². The van der Waals surface area contributed by atoms with Gasteiger partial charge in [-0.2, -0.15) is 0 Å². The molecular weight excluding hydrogens is 885 g/mol. The van der Waals surface area contributed by atoms with Crippen molar-refractivity contribution in [1.82, 2.24) is 36.4 Å². The zero-order chi connectivity index (χ0) is 50.8. The monoisotopic (exact) mass is 957 g/mol. The van der Waals surface area contributed by atoms with Crippen LogP contribution in [0.5, 0.6) is 0 Å². The molecule has 0 aliphatic carbocycles. The van der Waals surface area contributed by atoms with Gasteiger partial charge in [0, 0.05) is 26.4 Å². The number of aliphatic hydroxyl groups is 1. The Kier molecular flexibility index (Phi) is 22.1. The van der Waals surface area contributed by atoms with E-state index in [0.717, 1.165) is 11.3 Å². The Labute approximate surface area is 397 Å². The Balaban J connectivity index is 2.22. The fourth-order valence-corrected chi connectivity index (χ4v) is 8.03. The lowest BCUT2D eigenvalue weighted by molar-refractivity contribution is -0.166. The molecule has 2 aliphatic rings. The maximum atomic E-state index is 14.8. The van der Waals surface area contributed by atoms with Gasteiger partial charge in [-0.3, -0.25) is 43.3 Å². The van der Waals surface area contributed by atoms with Crippen LogP contribution in [0.15, 0.2) is 35.3 Å². The number of aliphatic carboxylic acids is 1. The van der Waals surface area contributed by atoms with Crippen molar-refractivity contribution < 1.29 is 58.1 Å². The zero-order valence-corrected chi connectivity index (χ0v) is 40.2. The molecule has 0 radical (unpaired) electrons. The maximum Gasteiger partial charge on any atom is 0.329 e. The highest BCUT2D eigenvalue weighted by molar-refractivity contribution is 5.98. The lowest BCUT2D eigenvalue weighted by Gasteiger charge is -2.43. The third-order valence-corrected chi connectivity index (χ3v) is 11.8. The van der Waals surface area contributed by atoms with E-state index in [0.29, 0.717) is 18.4 Å². The van der Waals surface area contributed by atoms with Crippen LogP contribution in [0.2, 0.25) is 0 Å². The zero-order valence-electron chi connectivity index (χ0n) is 40.2. The molecule has 1 aromatic rings. The number of esters is 1. The van der Waals surface area contributed by atoms with Gasteiger partial charge in [-0.25, -0.2) is 4.79 Å². The number of likely N-dealkylation sites (N-methyl/N-ethyl adjacent to an activating group) is 1. The smallest absolute Gasteiger partial charge is 0.329 e. The number of guanidine groups is 1. The van der Waals surface area contributed by atoms with Crippen LogP contribution in [0.3, 0.4) is 0 Å². The molecule has 378 valence electrons. The number of hydrogen-bond acceptors (Lipinski definition) is 12. The molecule has 0 aromatic heterocycles. The maximum absolute atomic E-state index is 14.8. The number of rotatable bonds is 18. The van der Waals surface area contributed by atoms with Crippen molar-refractivity contribution in [3.8, 4) is 0 Å². The number of nitrogens with two attached hydrogens (primary N) is 2. The molecular formula is C46H72N10O12. The van der Waals surface area contributed by atoms with E-state index in [1.54, 1.807) is 44.2 Å². The highest BCUT2D eigenvalue weighted by Crippen LogP contribution is 2.26. The minimum atomic E-state index is -1.85. The molecule has 7 amide bonds. The van der Waals surface area contributed by atoms with Crippen molar-refractivity contribution in [2.45, 2.75) is 167 Å². The van der Waals surface area contributed by atoms with Crippen LogP contribution in [-0.4, -0.2) is 147 Å². The fourth-order valence-electron chi connectivity index (χ4n) is 8.03. The molecule has 2 fully saturated rings. The summed E-state index contributed by atoms with van der Waals surface area (Å²) in [5, 5.41) is 33.9. The largest absolute Gasteiger partial charge is 0.481 e. The van der Waals surface area contributed by atoms with E-state index in [1.165, 1.54) is 18.9 Å². The summed E-state index contributed by atoms with van der Waals surface area (Å²) in [6.45, 7) is 10.1. The Bertz CT molecular complexity index is 1960. The van der Waals surface area contributed by atoms with E-state index in [1.807, 2.05) is 20.8 Å². The number of aliphatic imine (C=N–C) groups is 1. The summed E-state index contributed by atoms with van der Waals surface area (Å²) in [6.07, 6.45) is -2.15. The molecule has 68 heavy (non-hydrogen) atoms. The number of hydrogen-bond donors (Lipinski definition) is 9. The van der Waals surface area contributed by atoms with E-state index in [2.05, 4.69) is 31.6 Å². The molecule has 1 aromatic carbocycles. The van der Waals surface area contributed by atoms with Crippen molar-refractivity contribution in [3.63, 3.8) is 0 Å². The summed E-state index contributed by atoms with van der Waals surface area (Å²) >= 11 is 0. The van der Waals surface area contributed by atoms with Crippen LogP contribution in [0.4, 0.5) is 0 Å². The predicted molar refractivity (Wildman–Crippen MR) is 248 cm³/mol. The van der Waals surface area contributed by atoms with Gasteiger partial charge < -0.3 is 62.8 Å². The van der Waals surface area contributed by atoms with E-state index < -0.39 is 120 Å². The minimum Gasteiger partial charge on any atom is -0.481 e. The van der Waals surface area contributed by atoms with Crippen LogP contribution in [0, 0.1) is 11.8 Å². The summed E-state index contributed by atoms with van der Waals surface area (Å²) < 4.78 is 5.82. The second-order valence-electron chi connectivity index (χ2n) is 18.2. The molecule has 3 rings (SSSR count). The highest BCUT2D eigenvalue weighted by Gasteiger charge is 2.46. The number of carbonyl (C=O) groups excluding carboxylic acids is 8. The molecule has 2 saturated heterocycles. The summed E-state index contributed by atoms with van der Waals surface area (Å²) in [5.74, 6) is -9.59. The summed E-state index contributed by atoms with van der Waals surface area (Å²) in [5.41, 5.74) is 11.7. The number of nitrogens with zero attached hydrogens (tertiary/aromatic N) is 3. The van der Waals surface area contributed by atoms with E-state index >= 15 is 0 Å². The Hall–Kier alpha value is -6.32. The van der Waals surface area contributed by atoms with E-state index in [4.69, 9.17) is 16.2 Å². The Morgan fingerprint density at radius 1 is 0.897 bits per heavy atom. The van der Waals surface area contributed by atoms with Gasteiger partial charge in [-0.15, -0.1) is 0 Å². The first-order chi connectivity index (χ1) is 32.0. The molecule has 2 heterocycles. The average molecular weight is 957 g/mol. The number of carbonyl (C=O) groups is 9. The number of benzene rings is 1. The summed E-state index contributed by atoms with van der Waals surface area (Å²) in [6, 6.07) is -1.57. The van der Waals surface area contributed by atoms with Crippen LogP contribution in [-0.2, 0) is 54.3 Å². The van der Waals surface area contributed by atoms with Crippen molar-refractivity contribution in [2.24, 2.45) is 28.3 Å². The van der Waals surface area contributed by atoms with Gasteiger partial charge in [0.25, 0.3) is 0 Å². The standard InChI is InChI=1S/C46H72N10O12/c1-8-9-11-18-34(57)50-31(24-36(59)60)40(62)54-38-27(6)68-45(67)37(26(4)5)53-41(63)32(23-28-15-12-10-13-16-28)55(7)44(66)33(22-25(2)3)56-35(58)20-19-30(43(56)65)52-39(61)29(51-42(38)64)17-14-21-49-46(47)48/h10,12-13,15-16,25-27,29-33,35,37-38,58H,8-9,11,14,17-24H2,1-7H3,(H,50,57)(H,51,64)(H,52,61)(H,53,63)(H,54,62)(H,59,60)(H4,47,48,49)/t27-,29+,30+,31+,32+,33+,35-,37+,38+/m1/s1. The first kappa shape index (κ1) is 56.0. The van der Waals surface area contributed by atoms with Gasteiger partial charge in [0.2, 0.25) is 41.4 Å². The number of piperidine rings is 1. The van der Waals surface area contributed by atoms with Crippen molar-refractivity contribution >= 4 is 59.2 Å². The molecule has 9 atom stereocenters. The third-order valence-electron chi connectivity index (χ3n) is 11.8. The van der Waals surface area contributed by atoms with Gasteiger partial charge in [0.15, 0.2) is 5.96 Å². The number of carboxylic acid groups (broad SMARTS) is 1. The molecule has 0 spiro atoms. The predicted octanol–water partition coefficient (Wildman–Crippen LogP) is -0.455. The van der Waals surface area contributed by atoms with Crippen LogP contribution >= 0.6 is 0 Å². The number of fused-ring (bicyclic) bond motifs is 2. The number of amides is 7. The minimum absolute atomic E-state index is 0.00735. The molecule has 0 saturated carbocycles. The molecule has 0 unspecified atom stereocenters. The lowest BCUT2D eigenvalue weighted by Crippen LogP contribution is -2.65. The number of nitrogens with one attached hydrogen (secondary N) is 5. The van der Waals surface area contributed by atoms with Crippen LogP contribution < -0.4 is 38.1 Å². The van der Waals surface area contributed by atoms with E-state index in [9.17, 15) is 53.4 Å². The third kappa shape index (κ3) is 16.8. The van der Waals surface area contributed by atoms with Gasteiger partial charge in [0.05, 0.1) is 6.42 Å². The van der Waals surface area contributed by atoms with Crippen LogP contribution in [0.25, 0.3) is 0 Å². The average Bonchev–Trinajstić information content (AvgIpc) is 3.26. The van der Waals surface area contributed by atoms with Crippen molar-refractivity contribution in [2.75, 3.05) is 13.6 Å². The second-order valence-corrected chi connectivity index (χ2v) is 18.2. The quantitative estimate of drug-likeness (QED) is 0.0390. The fraction of sp³-hybridized carbons (Fsp3) is 0.652. The topological polar surface area (TPSA) is 334 Å². The van der Waals surface area contributed by atoms with Crippen molar-refractivity contribution in [3.05, 3.63) is 35.9 Å². The summed E-state index contributed by atoms with van der Waals surface area (Å²) in [4.78, 5) is 132. The molecule has 2 bridgehead atoms. The number of carboxylic acids is 1. The molecule has 11 N–H and O–H groups in total. The van der Waals surface area contributed by atoms with Gasteiger partial charge in [-0.1, -0.05) is 77.8 Å². The van der Waals surface area contributed by atoms with Gasteiger partial charge in [-0.05, 0) is 62.8 Å². The van der Waals surface area contributed by atoms with Gasteiger partial charge in [0.1, 0.15) is 54.6 Å². The number of unbranched alkanes of at least 4 members (excludes halogenated alkanes) is 2. The van der Waals surface area contributed by atoms with Crippen LogP contribution in [0.1, 0.15) is 111 Å². The summed E-state index contributed by atoms with van der Waals surface area (Å²) in [7, 11) is 1.39.